The molecule has 0 saturated carbocycles. The number of benzene rings is 2. The molecule has 0 N–H and O–H groups in total. The van der Waals surface area contributed by atoms with Crippen LogP contribution in [0.15, 0.2) is 59.0 Å². The second-order valence-electron chi connectivity index (χ2n) is 7.53. The Hall–Kier alpha value is -4.05. The van der Waals surface area contributed by atoms with Crippen LogP contribution in [0.3, 0.4) is 0 Å². The highest BCUT2D eigenvalue weighted by Gasteiger charge is 2.26. The molecule has 32 heavy (non-hydrogen) atoms. The number of hydrogen-bond acceptors (Lipinski definition) is 6. The number of nitrogens with zero attached hydrogens (tertiary/aromatic N) is 4. The maximum Gasteiger partial charge on any atom is 0.260 e. The lowest BCUT2D eigenvalue weighted by Gasteiger charge is -2.34. The van der Waals surface area contributed by atoms with Crippen LogP contribution >= 0.6 is 0 Å². The van der Waals surface area contributed by atoms with Gasteiger partial charge in [0, 0.05) is 32.3 Å². The lowest BCUT2D eigenvalue weighted by molar-refractivity contribution is -0.133. The summed E-state index contributed by atoms with van der Waals surface area (Å²) in [5.41, 5.74) is 2.35. The van der Waals surface area contributed by atoms with Gasteiger partial charge in [0.2, 0.25) is 17.5 Å². The second-order valence-corrected chi connectivity index (χ2v) is 7.53. The number of hydrogen-bond donors (Lipinski definition) is 0. The standard InChI is InChI=1S/C25H24N4O3/c1-19-6-5-9-21(16-19)31-18-24(30)28-12-14-29(15-13-28)25-22(17-26)27-23(32-25)11-10-20-7-3-2-4-8-20/h2-11,16H,12-15,18H2,1H3. The van der Waals surface area contributed by atoms with Gasteiger partial charge in [0.1, 0.15) is 11.8 Å². The van der Waals surface area contributed by atoms with E-state index < -0.39 is 0 Å². The van der Waals surface area contributed by atoms with E-state index in [1.165, 1.54) is 0 Å². The van der Waals surface area contributed by atoms with Gasteiger partial charge in [-0.25, -0.2) is 0 Å². The Morgan fingerprint density at radius 1 is 1.12 bits per heavy atom. The zero-order valence-corrected chi connectivity index (χ0v) is 17.9. The van der Waals surface area contributed by atoms with Crippen molar-refractivity contribution in [2.45, 2.75) is 6.92 Å². The summed E-state index contributed by atoms with van der Waals surface area (Å²) in [6.07, 6.45) is 3.64. The van der Waals surface area contributed by atoms with Gasteiger partial charge in [-0.2, -0.15) is 10.2 Å². The van der Waals surface area contributed by atoms with Gasteiger partial charge >= 0.3 is 0 Å². The number of oxazole rings is 1. The molecule has 0 atom stereocenters. The monoisotopic (exact) mass is 428 g/mol. The highest BCUT2D eigenvalue weighted by Crippen LogP contribution is 2.24. The van der Waals surface area contributed by atoms with E-state index in [0.717, 1.165) is 11.1 Å². The lowest BCUT2D eigenvalue weighted by atomic mass is 10.2. The van der Waals surface area contributed by atoms with Crippen LogP contribution in [-0.4, -0.2) is 48.6 Å². The van der Waals surface area contributed by atoms with Crippen molar-refractivity contribution >= 4 is 23.9 Å². The van der Waals surface area contributed by atoms with Crippen molar-refractivity contribution in [3.63, 3.8) is 0 Å². The molecule has 0 bridgehead atoms. The molecule has 1 amide bonds. The van der Waals surface area contributed by atoms with Crippen molar-refractivity contribution in [2.24, 2.45) is 0 Å². The van der Waals surface area contributed by atoms with Gasteiger partial charge in [-0.15, -0.1) is 0 Å². The number of carbonyl (C=O) groups excluding carboxylic acids is 1. The summed E-state index contributed by atoms with van der Waals surface area (Å²) in [5.74, 6) is 1.46. The fourth-order valence-corrected chi connectivity index (χ4v) is 3.52. The molecule has 0 unspecified atom stereocenters. The minimum Gasteiger partial charge on any atom is -0.484 e. The van der Waals surface area contributed by atoms with Gasteiger partial charge in [-0.1, -0.05) is 42.5 Å². The predicted octanol–water partition coefficient (Wildman–Crippen LogP) is 3.75. The van der Waals surface area contributed by atoms with Crippen LogP contribution < -0.4 is 9.64 Å². The Balaban J connectivity index is 1.34. The Morgan fingerprint density at radius 2 is 1.91 bits per heavy atom. The first-order valence-electron chi connectivity index (χ1n) is 10.5. The molecule has 0 spiro atoms. The van der Waals surface area contributed by atoms with Crippen LogP contribution in [0.25, 0.3) is 12.2 Å². The molecule has 1 aliphatic heterocycles. The Morgan fingerprint density at radius 3 is 2.62 bits per heavy atom. The molecule has 7 nitrogen and oxygen atoms in total. The Kier molecular flexibility index (Phi) is 6.52. The Bertz CT molecular complexity index is 1140. The maximum absolute atomic E-state index is 12.5. The van der Waals surface area contributed by atoms with Gasteiger partial charge in [-0.05, 0) is 36.3 Å². The SMILES string of the molecule is Cc1cccc(OCC(=O)N2CCN(c3oc(C=Cc4ccccc4)nc3C#N)CC2)c1. The summed E-state index contributed by atoms with van der Waals surface area (Å²) in [5, 5.41) is 9.48. The molecular weight excluding hydrogens is 404 g/mol. The van der Waals surface area contributed by atoms with E-state index in [9.17, 15) is 10.1 Å². The summed E-state index contributed by atoms with van der Waals surface area (Å²) >= 11 is 0. The lowest BCUT2D eigenvalue weighted by Crippen LogP contribution is -2.50. The van der Waals surface area contributed by atoms with E-state index in [1.54, 1.807) is 11.0 Å². The predicted molar refractivity (Wildman–Crippen MR) is 122 cm³/mol. The molecule has 2 aromatic carbocycles. The molecule has 162 valence electrons. The number of amides is 1. The summed E-state index contributed by atoms with van der Waals surface area (Å²) in [6, 6.07) is 19.6. The number of nitriles is 1. The number of aromatic nitrogens is 1. The van der Waals surface area contributed by atoms with Gasteiger partial charge in [-0.3, -0.25) is 4.79 Å². The summed E-state index contributed by atoms with van der Waals surface area (Å²) in [4.78, 5) is 20.5. The second kappa shape index (κ2) is 9.84. The van der Waals surface area contributed by atoms with E-state index in [1.807, 2.05) is 72.5 Å². The van der Waals surface area contributed by atoms with E-state index >= 15 is 0 Å². The molecule has 2 heterocycles. The van der Waals surface area contributed by atoms with E-state index in [0.29, 0.717) is 43.7 Å². The zero-order valence-electron chi connectivity index (χ0n) is 17.9. The van der Waals surface area contributed by atoms with Gasteiger partial charge < -0.3 is 19.0 Å². The molecule has 1 saturated heterocycles. The molecule has 7 heteroatoms. The van der Waals surface area contributed by atoms with E-state index in [-0.39, 0.29) is 18.2 Å². The van der Waals surface area contributed by atoms with Crippen LogP contribution in [-0.2, 0) is 4.79 Å². The minimum absolute atomic E-state index is 0.00361. The Labute approximate surface area is 187 Å². The van der Waals surface area contributed by atoms with E-state index in [4.69, 9.17) is 9.15 Å². The summed E-state index contributed by atoms with van der Waals surface area (Å²) < 4.78 is 11.5. The molecule has 0 aliphatic carbocycles. The van der Waals surface area contributed by atoms with Crippen molar-refractivity contribution in [2.75, 3.05) is 37.7 Å². The minimum atomic E-state index is -0.0595. The average Bonchev–Trinajstić information content (AvgIpc) is 3.25. The van der Waals surface area contributed by atoms with Gasteiger partial charge in [0.25, 0.3) is 5.91 Å². The molecule has 0 radical (unpaired) electrons. The summed E-state index contributed by atoms with van der Waals surface area (Å²) in [7, 11) is 0. The normalized spacial score (nSPS) is 13.9. The van der Waals surface area contributed by atoms with Crippen LogP contribution in [0.1, 0.15) is 22.7 Å². The van der Waals surface area contributed by atoms with Crippen LogP contribution in [0.2, 0.25) is 0 Å². The molecule has 1 aromatic heterocycles. The number of piperazine rings is 1. The topological polar surface area (TPSA) is 82.6 Å². The fourth-order valence-electron chi connectivity index (χ4n) is 3.52. The first kappa shape index (κ1) is 21.2. The molecule has 4 rings (SSSR count). The van der Waals surface area contributed by atoms with Crippen molar-refractivity contribution in [3.05, 3.63) is 77.3 Å². The number of aryl methyl sites for hydroxylation is 1. The zero-order chi connectivity index (χ0) is 22.3. The molecule has 3 aromatic rings. The number of rotatable bonds is 6. The number of anilines is 1. The van der Waals surface area contributed by atoms with Crippen molar-refractivity contribution in [1.29, 1.82) is 5.26 Å². The van der Waals surface area contributed by atoms with Crippen LogP contribution in [0.5, 0.6) is 5.75 Å². The third-order valence-electron chi connectivity index (χ3n) is 5.22. The van der Waals surface area contributed by atoms with Crippen molar-refractivity contribution in [3.8, 4) is 11.8 Å². The molecule has 1 fully saturated rings. The summed E-state index contributed by atoms with van der Waals surface area (Å²) in [6.45, 7) is 4.15. The fraction of sp³-hybridized carbons (Fsp3) is 0.240. The first-order chi connectivity index (χ1) is 15.6. The maximum atomic E-state index is 12.5. The van der Waals surface area contributed by atoms with Crippen LogP contribution in [0.4, 0.5) is 5.88 Å². The largest absolute Gasteiger partial charge is 0.484 e. The van der Waals surface area contributed by atoms with Gasteiger partial charge in [0.05, 0.1) is 0 Å². The third-order valence-corrected chi connectivity index (χ3v) is 5.22. The smallest absolute Gasteiger partial charge is 0.260 e. The number of ether oxygens (including phenoxy) is 1. The highest BCUT2D eigenvalue weighted by molar-refractivity contribution is 5.78. The van der Waals surface area contributed by atoms with Crippen LogP contribution in [0, 0.1) is 18.3 Å². The van der Waals surface area contributed by atoms with Gasteiger partial charge in [0.15, 0.2) is 6.61 Å². The van der Waals surface area contributed by atoms with E-state index in [2.05, 4.69) is 11.1 Å². The average molecular weight is 428 g/mol. The molecule has 1 aliphatic rings. The number of carbonyl (C=O) groups is 1. The van der Waals surface area contributed by atoms with Crippen molar-refractivity contribution in [1.82, 2.24) is 9.88 Å². The quantitative estimate of drug-likeness (QED) is 0.595. The first-order valence-corrected chi connectivity index (χ1v) is 10.5. The third kappa shape index (κ3) is 5.16. The highest BCUT2D eigenvalue weighted by atomic mass is 16.5. The molecular formula is C25H24N4O3. The van der Waals surface area contributed by atoms with Crippen molar-refractivity contribution < 1.29 is 13.9 Å².